The zero-order valence-corrected chi connectivity index (χ0v) is 18.7. The fourth-order valence-corrected chi connectivity index (χ4v) is 4.07. The molecule has 0 radical (unpaired) electrons. The molecule has 0 spiro atoms. The van der Waals surface area contributed by atoms with Gasteiger partial charge in [0.15, 0.2) is 0 Å². The number of aryl methyl sites for hydroxylation is 1. The standard InChI is InChI=1S/C26H30FN3O2/c1-19(2)17-32-25-9-5-20(6-10-25)13-26(31)30(16-21-3-7-22(27)8-4-21)23-11-12-29-18-28-15-24(29)14-23/h3-10,15,18-19,23H,11-14,16-17H2,1-2H3/t23-/m1/s1. The highest BCUT2D eigenvalue weighted by Crippen LogP contribution is 2.23. The lowest BCUT2D eigenvalue weighted by Crippen LogP contribution is -2.44. The number of aromatic nitrogens is 2. The van der Waals surface area contributed by atoms with E-state index in [9.17, 15) is 9.18 Å². The Bertz CT molecular complexity index is 1030. The van der Waals surface area contributed by atoms with Gasteiger partial charge in [0.2, 0.25) is 5.91 Å². The van der Waals surface area contributed by atoms with Crippen LogP contribution in [0.2, 0.25) is 0 Å². The molecule has 1 atom stereocenters. The second kappa shape index (κ2) is 9.98. The van der Waals surface area contributed by atoms with Crippen LogP contribution in [0, 0.1) is 11.7 Å². The van der Waals surface area contributed by atoms with Crippen LogP contribution in [0.4, 0.5) is 4.39 Å². The number of hydrogen-bond acceptors (Lipinski definition) is 3. The van der Waals surface area contributed by atoms with Crippen molar-refractivity contribution < 1.29 is 13.9 Å². The van der Waals surface area contributed by atoms with Gasteiger partial charge in [-0.15, -0.1) is 0 Å². The van der Waals surface area contributed by atoms with E-state index < -0.39 is 0 Å². The molecule has 0 bridgehead atoms. The molecule has 1 aliphatic heterocycles. The van der Waals surface area contributed by atoms with Crippen LogP contribution in [0.1, 0.15) is 37.1 Å². The highest BCUT2D eigenvalue weighted by atomic mass is 19.1. The molecule has 168 valence electrons. The van der Waals surface area contributed by atoms with Gasteiger partial charge in [-0.05, 0) is 47.7 Å². The fourth-order valence-electron chi connectivity index (χ4n) is 4.07. The topological polar surface area (TPSA) is 47.4 Å². The molecule has 0 saturated heterocycles. The number of nitrogens with zero attached hydrogens (tertiary/aromatic N) is 3. The second-order valence-corrected chi connectivity index (χ2v) is 8.90. The van der Waals surface area contributed by atoms with Gasteiger partial charge in [0.25, 0.3) is 0 Å². The Labute approximate surface area is 188 Å². The Balaban J connectivity index is 1.48. The number of rotatable bonds is 8. The van der Waals surface area contributed by atoms with Crippen molar-refractivity contribution in [1.82, 2.24) is 14.5 Å². The predicted octanol–water partition coefficient (Wildman–Crippen LogP) is 4.64. The highest BCUT2D eigenvalue weighted by molar-refractivity contribution is 5.79. The van der Waals surface area contributed by atoms with Crippen LogP contribution in [0.3, 0.4) is 0 Å². The third-order valence-electron chi connectivity index (χ3n) is 5.84. The summed E-state index contributed by atoms with van der Waals surface area (Å²) in [5.41, 5.74) is 3.03. The van der Waals surface area contributed by atoms with Crippen LogP contribution in [0.15, 0.2) is 61.1 Å². The number of carbonyl (C=O) groups is 1. The van der Waals surface area contributed by atoms with Gasteiger partial charge in [0.05, 0.1) is 19.4 Å². The van der Waals surface area contributed by atoms with E-state index in [-0.39, 0.29) is 17.8 Å². The monoisotopic (exact) mass is 435 g/mol. The largest absolute Gasteiger partial charge is 0.493 e. The van der Waals surface area contributed by atoms with Gasteiger partial charge in [-0.25, -0.2) is 9.37 Å². The molecule has 2 aromatic carbocycles. The molecule has 1 aromatic heterocycles. The number of benzene rings is 2. The summed E-state index contributed by atoms with van der Waals surface area (Å²) in [6.45, 7) is 6.20. The van der Waals surface area contributed by atoms with Gasteiger partial charge in [-0.2, -0.15) is 0 Å². The first-order valence-corrected chi connectivity index (χ1v) is 11.2. The molecular weight excluding hydrogens is 405 g/mol. The molecule has 4 rings (SSSR count). The van der Waals surface area contributed by atoms with E-state index in [1.807, 2.05) is 41.7 Å². The van der Waals surface area contributed by atoms with E-state index >= 15 is 0 Å². The molecule has 5 nitrogen and oxygen atoms in total. The van der Waals surface area contributed by atoms with Crippen molar-refractivity contribution in [3.8, 4) is 5.75 Å². The molecule has 0 N–H and O–H groups in total. The second-order valence-electron chi connectivity index (χ2n) is 8.90. The molecule has 32 heavy (non-hydrogen) atoms. The first-order valence-electron chi connectivity index (χ1n) is 11.2. The average molecular weight is 436 g/mol. The molecule has 0 fully saturated rings. The minimum absolute atomic E-state index is 0.0724. The van der Waals surface area contributed by atoms with Gasteiger partial charge in [0.1, 0.15) is 11.6 Å². The molecule has 2 heterocycles. The van der Waals surface area contributed by atoms with Gasteiger partial charge < -0.3 is 14.2 Å². The summed E-state index contributed by atoms with van der Waals surface area (Å²) >= 11 is 0. The zero-order chi connectivity index (χ0) is 22.5. The summed E-state index contributed by atoms with van der Waals surface area (Å²) in [5.74, 6) is 1.08. The Kier molecular flexibility index (Phi) is 6.88. The predicted molar refractivity (Wildman–Crippen MR) is 122 cm³/mol. The van der Waals surface area contributed by atoms with Gasteiger partial charge in [0, 0.05) is 37.4 Å². The van der Waals surface area contributed by atoms with Crippen LogP contribution >= 0.6 is 0 Å². The number of fused-ring (bicyclic) bond motifs is 1. The van der Waals surface area contributed by atoms with Crippen molar-refractivity contribution in [2.75, 3.05) is 6.61 Å². The van der Waals surface area contributed by atoms with Crippen molar-refractivity contribution in [3.63, 3.8) is 0 Å². The summed E-state index contributed by atoms with van der Waals surface area (Å²) < 4.78 is 21.3. The first kappa shape index (κ1) is 22.1. The maximum atomic E-state index is 13.4. The highest BCUT2D eigenvalue weighted by Gasteiger charge is 2.28. The van der Waals surface area contributed by atoms with Gasteiger partial charge >= 0.3 is 0 Å². The lowest BCUT2D eigenvalue weighted by Gasteiger charge is -2.35. The number of halogens is 1. The normalized spacial score (nSPS) is 15.4. The Morgan fingerprint density at radius 1 is 1.16 bits per heavy atom. The molecule has 3 aromatic rings. The van der Waals surface area contributed by atoms with Crippen LogP contribution in [-0.2, 0) is 30.7 Å². The Hall–Kier alpha value is -3.15. The molecule has 0 unspecified atom stereocenters. The van der Waals surface area contributed by atoms with Crippen LogP contribution in [-0.4, -0.2) is 33.0 Å². The van der Waals surface area contributed by atoms with E-state index in [0.29, 0.717) is 25.5 Å². The third kappa shape index (κ3) is 5.55. The summed E-state index contributed by atoms with van der Waals surface area (Å²) in [4.78, 5) is 19.6. The van der Waals surface area contributed by atoms with Crippen LogP contribution in [0.25, 0.3) is 0 Å². The average Bonchev–Trinajstić information content (AvgIpc) is 3.26. The van der Waals surface area contributed by atoms with Crippen molar-refractivity contribution in [2.24, 2.45) is 5.92 Å². The van der Waals surface area contributed by atoms with Crippen molar-refractivity contribution >= 4 is 5.91 Å². The maximum Gasteiger partial charge on any atom is 0.227 e. The van der Waals surface area contributed by atoms with E-state index in [1.165, 1.54) is 12.1 Å². The lowest BCUT2D eigenvalue weighted by atomic mass is 10.00. The van der Waals surface area contributed by atoms with E-state index in [1.54, 1.807) is 12.1 Å². The summed E-state index contributed by atoms with van der Waals surface area (Å²) in [5, 5.41) is 0. The van der Waals surface area contributed by atoms with Gasteiger partial charge in [-0.3, -0.25) is 4.79 Å². The third-order valence-corrected chi connectivity index (χ3v) is 5.84. The van der Waals surface area contributed by atoms with Crippen molar-refractivity contribution in [2.45, 2.75) is 52.2 Å². The van der Waals surface area contributed by atoms with Crippen LogP contribution in [0.5, 0.6) is 5.75 Å². The molecule has 0 aliphatic carbocycles. The van der Waals surface area contributed by atoms with E-state index in [0.717, 1.165) is 42.0 Å². The number of carbonyl (C=O) groups excluding carboxylic acids is 1. The Morgan fingerprint density at radius 3 is 2.59 bits per heavy atom. The summed E-state index contributed by atoms with van der Waals surface area (Å²) in [6, 6.07) is 14.3. The van der Waals surface area contributed by atoms with Crippen molar-refractivity contribution in [1.29, 1.82) is 0 Å². The number of hydrogen-bond donors (Lipinski definition) is 0. The van der Waals surface area contributed by atoms with E-state index in [2.05, 4.69) is 23.4 Å². The summed E-state index contributed by atoms with van der Waals surface area (Å²) in [7, 11) is 0. The van der Waals surface area contributed by atoms with E-state index in [4.69, 9.17) is 4.74 Å². The van der Waals surface area contributed by atoms with Crippen molar-refractivity contribution in [3.05, 3.63) is 83.7 Å². The SMILES string of the molecule is CC(C)COc1ccc(CC(=O)N(Cc2ccc(F)cc2)[C@@H]2CCn3cncc3C2)cc1. The molecule has 1 aliphatic rings. The Morgan fingerprint density at radius 2 is 1.88 bits per heavy atom. The molecular formula is C26H30FN3O2. The number of amides is 1. The fraction of sp³-hybridized carbons (Fsp3) is 0.385. The maximum absolute atomic E-state index is 13.4. The molecule has 6 heteroatoms. The first-order chi connectivity index (χ1) is 15.5. The minimum Gasteiger partial charge on any atom is -0.493 e. The minimum atomic E-state index is -0.270. The number of imidazole rings is 1. The molecule has 0 saturated carbocycles. The lowest BCUT2D eigenvalue weighted by molar-refractivity contribution is -0.134. The molecule has 1 amide bonds. The quantitative estimate of drug-likeness (QED) is 0.518. The van der Waals surface area contributed by atoms with Gasteiger partial charge in [-0.1, -0.05) is 38.1 Å². The summed E-state index contributed by atoms with van der Waals surface area (Å²) in [6.07, 6.45) is 5.69. The zero-order valence-electron chi connectivity index (χ0n) is 18.7. The smallest absolute Gasteiger partial charge is 0.227 e. The van der Waals surface area contributed by atoms with Crippen LogP contribution < -0.4 is 4.74 Å². The number of ether oxygens (including phenoxy) is 1.